The molecule has 0 saturated heterocycles. The highest BCUT2D eigenvalue weighted by molar-refractivity contribution is 5.88. The zero-order valence-corrected chi connectivity index (χ0v) is 9.00. The summed E-state index contributed by atoms with van der Waals surface area (Å²) in [5.74, 6) is -1.29. The van der Waals surface area contributed by atoms with Crippen LogP contribution in [0.25, 0.3) is 10.8 Å². The molecule has 0 aromatic heterocycles. The second kappa shape index (κ2) is 4.43. The van der Waals surface area contributed by atoms with Gasteiger partial charge in [-0.25, -0.2) is 4.79 Å². The predicted molar refractivity (Wildman–Crippen MR) is 63.0 cm³/mol. The maximum absolute atomic E-state index is 10.6. The summed E-state index contributed by atoms with van der Waals surface area (Å²) in [4.78, 5) is 10.6. The molecule has 2 rings (SSSR count). The van der Waals surface area contributed by atoms with Crippen LogP contribution < -0.4 is 0 Å². The molecule has 4 heteroatoms. The Kier molecular flexibility index (Phi) is 2.97. The highest BCUT2D eigenvalue weighted by Crippen LogP contribution is 2.28. The predicted octanol–water partition coefficient (Wildman–Crippen LogP) is 1.53. The van der Waals surface area contributed by atoms with E-state index in [-0.39, 0.29) is 12.2 Å². The number of rotatable bonds is 3. The number of aromatic hydroxyl groups is 1. The van der Waals surface area contributed by atoms with Crippen molar-refractivity contribution in [3.63, 3.8) is 0 Å². The first kappa shape index (κ1) is 11.4. The Bertz CT molecular complexity index is 562. The van der Waals surface area contributed by atoms with E-state index >= 15 is 0 Å². The third kappa shape index (κ3) is 2.21. The monoisotopic (exact) mass is 232 g/mol. The third-order valence-corrected chi connectivity index (χ3v) is 2.70. The van der Waals surface area contributed by atoms with Gasteiger partial charge in [0.05, 0.1) is 0 Å². The number of phenols is 1. The Balaban J connectivity index is 2.51. The molecule has 0 fully saturated rings. The maximum atomic E-state index is 10.6. The fraction of sp³-hybridized carbons (Fsp3) is 0.154. The van der Waals surface area contributed by atoms with Gasteiger partial charge in [0.2, 0.25) is 0 Å². The summed E-state index contributed by atoms with van der Waals surface area (Å²) in [6.07, 6.45) is -1.62. The highest BCUT2D eigenvalue weighted by atomic mass is 16.4. The number of carboxylic acids is 1. The Hall–Kier alpha value is -2.07. The minimum absolute atomic E-state index is 0.00370. The summed E-state index contributed by atoms with van der Waals surface area (Å²) in [5, 5.41) is 29.4. The van der Waals surface area contributed by atoms with Crippen LogP contribution in [0.1, 0.15) is 5.56 Å². The lowest BCUT2D eigenvalue weighted by atomic mass is 9.99. The summed E-state index contributed by atoms with van der Waals surface area (Å²) < 4.78 is 0. The molecule has 2 aromatic carbocycles. The Morgan fingerprint density at radius 2 is 1.88 bits per heavy atom. The van der Waals surface area contributed by atoms with E-state index in [4.69, 9.17) is 5.11 Å². The van der Waals surface area contributed by atoms with Crippen molar-refractivity contribution >= 4 is 16.7 Å². The number of carboxylic acid groups (broad SMARTS) is 1. The standard InChI is InChI=1S/C13H12O4/c14-11-6-5-8-3-1-2-4-9(8)10(11)7-12(15)13(16)17/h1-6,12,14-15H,7H2,(H,16,17). The number of hydrogen-bond donors (Lipinski definition) is 3. The summed E-state index contributed by atoms with van der Waals surface area (Å²) >= 11 is 0. The summed E-state index contributed by atoms with van der Waals surface area (Å²) in [6, 6.07) is 10.6. The lowest BCUT2D eigenvalue weighted by molar-refractivity contribution is -0.146. The van der Waals surface area contributed by atoms with Crippen LogP contribution in [-0.2, 0) is 11.2 Å². The molecule has 88 valence electrons. The lowest BCUT2D eigenvalue weighted by Crippen LogP contribution is -2.22. The van der Waals surface area contributed by atoms with Gasteiger partial charge in [0.15, 0.2) is 6.10 Å². The van der Waals surface area contributed by atoms with Crippen LogP contribution in [0.2, 0.25) is 0 Å². The molecule has 4 nitrogen and oxygen atoms in total. The average Bonchev–Trinajstić information content (AvgIpc) is 2.32. The molecule has 0 spiro atoms. The van der Waals surface area contributed by atoms with E-state index < -0.39 is 12.1 Å². The molecule has 0 aliphatic heterocycles. The maximum Gasteiger partial charge on any atom is 0.332 e. The molecule has 0 amide bonds. The largest absolute Gasteiger partial charge is 0.508 e. The van der Waals surface area contributed by atoms with Crippen LogP contribution in [0.15, 0.2) is 36.4 Å². The van der Waals surface area contributed by atoms with Gasteiger partial charge in [-0.15, -0.1) is 0 Å². The Labute approximate surface area is 97.8 Å². The van der Waals surface area contributed by atoms with Crippen molar-refractivity contribution in [2.45, 2.75) is 12.5 Å². The van der Waals surface area contributed by atoms with E-state index in [1.165, 1.54) is 6.07 Å². The molecule has 0 aliphatic carbocycles. The molecule has 0 bridgehead atoms. The van der Waals surface area contributed by atoms with E-state index in [2.05, 4.69) is 0 Å². The van der Waals surface area contributed by atoms with Gasteiger partial charge < -0.3 is 15.3 Å². The van der Waals surface area contributed by atoms with E-state index in [9.17, 15) is 15.0 Å². The first-order valence-electron chi connectivity index (χ1n) is 5.20. The number of fused-ring (bicyclic) bond motifs is 1. The van der Waals surface area contributed by atoms with Gasteiger partial charge in [0, 0.05) is 12.0 Å². The zero-order chi connectivity index (χ0) is 12.4. The molecule has 0 aliphatic rings. The molecule has 3 N–H and O–H groups in total. The van der Waals surface area contributed by atoms with Gasteiger partial charge in [-0.2, -0.15) is 0 Å². The van der Waals surface area contributed by atoms with E-state index in [1.807, 2.05) is 12.1 Å². The molecule has 1 atom stereocenters. The molecular weight excluding hydrogens is 220 g/mol. The van der Waals surface area contributed by atoms with Gasteiger partial charge in [-0.1, -0.05) is 30.3 Å². The van der Waals surface area contributed by atoms with Crippen molar-refractivity contribution in [3.05, 3.63) is 42.0 Å². The highest BCUT2D eigenvalue weighted by Gasteiger charge is 2.17. The summed E-state index contributed by atoms with van der Waals surface area (Å²) in [7, 11) is 0. The number of benzene rings is 2. The molecule has 0 radical (unpaired) electrons. The average molecular weight is 232 g/mol. The number of aliphatic carboxylic acids is 1. The molecule has 1 unspecified atom stereocenters. The summed E-state index contributed by atoms with van der Waals surface area (Å²) in [6.45, 7) is 0. The number of aliphatic hydroxyl groups is 1. The van der Waals surface area contributed by atoms with Gasteiger partial charge in [-0.3, -0.25) is 0 Å². The molecule has 2 aromatic rings. The molecule has 0 saturated carbocycles. The number of carbonyl (C=O) groups is 1. The second-order valence-electron chi connectivity index (χ2n) is 3.84. The van der Waals surface area contributed by atoms with Crippen molar-refractivity contribution in [1.82, 2.24) is 0 Å². The molecular formula is C13H12O4. The van der Waals surface area contributed by atoms with Crippen LogP contribution in [0.3, 0.4) is 0 Å². The lowest BCUT2D eigenvalue weighted by Gasteiger charge is -2.11. The van der Waals surface area contributed by atoms with Gasteiger partial charge in [-0.05, 0) is 16.8 Å². The van der Waals surface area contributed by atoms with E-state index in [0.29, 0.717) is 5.56 Å². The quantitative estimate of drug-likeness (QED) is 0.750. The van der Waals surface area contributed by atoms with E-state index in [0.717, 1.165) is 10.8 Å². The molecule has 17 heavy (non-hydrogen) atoms. The third-order valence-electron chi connectivity index (χ3n) is 2.70. The fourth-order valence-corrected chi connectivity index (χ4v) is 1.82. The number of phenolic OH excluding ortho intramolecular Hbond substituents is 1. The normalized spacial score (nSPS) is 12.5. The van der Waals surface area contributed by atoms with Gasteiger partial charge in [0.25, 0.3) is 0 Å². The van der Waals surface area contributed by atoms with Crippen molar-refractivity contribution in [1.29, 1.82) is 0 Å². The second-order valence-corrected chi connectivity index (χ2v) is 3.84. The smallest absolute Gasteiger partial charge is 0.332 e. The fourth-order valence-electron chi connectivity index (χ4n) is 1.82. The van der Waals surface area contributed by atoms with Crippen molar-refractivity contribution in [2.24, 2.45) is 0 Å². The SMILES string of the molecule is O=C(O)C(O)Cc1c(O)ccc2ccccc12. The topological polar surface area (TPSA) is 77.8 Å². The van der Waals surface area contributed by atoms with Crippen LogP contribution in [0.4, 0.5) is 0 Å². The van der Waals surface area contributed by atoms with Crippen molar-refractivity contribution in [2.75, 3.05) is 0 Å². The van der Waals surface area contributed by atoms with Crippen molar-refractivity contribution in [3.8, 4) is 5.75 Å². The Morgan fingerprint density at radius 3 is 2.59 bits per heavy atom. The van der Waals surface area contributed by atoms with E-state index in [1.54, 1.807) is 18.2 Å². The first-order chi connectivity index (χ1) is 8.09. The van der Waals surface area contributed by atoms with Crippen LogP contribution in [0, 0.1) is 0 Å². The summed E-state index contributed by atoms with van der Waals surface area (Å²) in [5.41, 5.74) is 0.456. The van der Waals surface area contributed by atoms with Gasteiger partial charge >= 0.3 is 5.97 Å². The van der Waals surface area contributed by atoms with Crippen LogP contribution >= 0.6 is 0 Å². The van der Waals surface area contributed by atoms with Gasteiger partial charge in [0.1, 0.15) is 5.75 Å². The van der Waals surface area contributed by atoms with Crippen LogP contribution in [-0.4, -0.2) is 27.4 Å². The number of hydrogen-bond acceptors (Lipinski definition) is 3. The Morgan fingerprint density at radius 1 is 1.18 bits per heavy atom. The van der Waals surface area contributed by atoms with Crippen LogP contribution in [0.5, 0.6) is 5.75 Å². The zero-order valence-electron chi connectivity index (χ0n) is 9.00. The first-order valence-corrected chi connectivity index (χ1v) is 5.20. The molecule has 0 heterocycles. The number of aliphatic hydroxyl groups excluding tert-OH is 1. The minimum atomic E-state index is -1.51. The minimum Gasteiger partial charge on any atom is -0.508 e. The van der Waals surface area contributed by atoms with Crippen molar-refractivity contribution < 1.29 is 20.1 Å².